The van der Waals surface area contributed by atoms with E-state index >= 15 is 0 Å². The lowest BCUT2D eigenvalue weighted by Crippen LogP contribution is -2.29. The van der Waals surface area contributed by atoms with Crippen molar-refractivity contribution in [3.8, 4) is 5.75 Å². The predicted octanol–water partition coefficient (Wildman–Crippen LogP) is 4.83. The summed E-state index contributed by atoms with van der Waals surface area (Å²) in [5.41, 5.74) is 0.777. The van der Waals surface area contributed by atoms with E-state index < -0.39 is 23.5 Å². The highest BCUT2D eigenvalue weighted by Crippen LogP contribution is 2.40. The van der Waals surface area contributed by atoms with Gasteiger partial charge in [0.05, 0.1) is 31.0 Å². The van der Waals surface area contributed by atoms with Crippen LogP contribution >= 0.6 is 0 Å². The van der Waals surface area contributed by atoms with Gasteiger partial charge in [0.1, 0.15) is 23.1 Å². The fourth-order valence-corrected chi connectivity index (χ4v) is 3.71. The molecule has 164 valence electrons. The number of benzene rings is 2. The van der Waals surface area contributed by atoms with Gasteiger partial charge in [0.15, 0.2) is 0 Å². The molecular weight excluding hydrogens is 413 g/mol. The molecule has 0 aliphatic carbocycles. The van der Waals surface area contributed by atoms with Gasteiger partial charge in [-0.2, -0.15) is 0 Å². The van der Waals surface area contributed by atoms with Crippen molar-refractivity contribution in [1.29, 1.82) is 0 Å². The Morgan fingerprint density at radius 2 is 1.91 bits per heavy atom. The molecule has 1 aromatic heterocycles. The largest absolute Gasteiger partial charge is 0.507 e. The van der Waals surface area contributed by atoms with Gasteiger partial charge in [-0.15, -0.1) is 0 Å². The Balaban J connectivity index is 1.81. The van der Waals surface area contributed by atoms with Gasteiger partial charge in [0.2, 0.25) is 0 Å². The number of nitrogens with zero attached hydrogens (tertiary/aromatic N) is 1. The van der Waals surface area contributed by atoms with Crippen molar-refractivity contribution in [2.24, 2.45) is 0 Å². The fraction of sp³-hybridized carbons (Fsp3) is 0.200. The van der Waals surface area contributed by atoms with Crippen LogP contribution in [0.1, 0.15) is 36.3 Å². The molecule has 32 heavy (non-hydrogen) atoms. The maximum atomic E-state index is 13.6. The molecule has 0 spiro atoms. The van der Waals surface area contributed by atoms with E-state index in [0.29, 0.717) is 29.2 Å². The molecule has 0 saturated carbocycles. The lowest BCUT2D eigenvalue weighted by molar-refractivity contribution is -0.140. The van der Waals surface area contributed by atoms with Gasteiger partial charge in [-0.25, -0.2) is 4.39 Å². The molecule has 0 bridgehead atoms. The number of hydrogen-bond acceptors (Lipinski definition) is 5. The summed E-state index contributed by atoms with van der Waals surface area (Å²) >= 11 is 0. The number of carbonyl (C=O) groups is 2. The second kappa shape index (κ2) is 9.09. The summed E-state index contributed by atoms with van der Waals surface area (Å²) < 4.78 is 24.5. The highest BCUT2D eigenvalue weighted by atomic mass is 19.1. The maximum Gasteiger partial charge on any atom is 0.296 e. The predicted molar refractivity (Wildman–Crippen MR) is 115 cm³/mol. The lowest BCUT2D eigenvalue weighted by Gasteiger charge is -2.24. The first-order valence-corrected chi connectivity index (χ1v) is 10.3. The SMILES string of the molecule is CCCOc1cccc(C(O)=C2C(=O)C(=O)N(Cc3ccco3)C2c2ccc(F)cc2)c1. The van der Waals surface area contributed by atoms with Crippen LogP contribution in [-0.4, -0.2) is 28.3 Å². The first-order valence-electron chi connectivity index (χ1n) is 10.3. The molecule has 1 fully saturated rings. The molecule has 3 aromatic rings. The molecule has 7 heteroatoms. The minimum absolute atomic E-state index is 0.0239. The van der Waals surface area contributed by atoms with Gasteiger partial charge in [-0.3, -0.25) is 9.59 Å². The highest BCUT2D eigenvalue weighted by molar-refractivity contribution is 6.46. The Bertz CT molecular complexity index is 1150. The maximum absolute atomic E-state index is 13.6. The number of carbonyl (C=O) groups excluding carboxylic acids is 2. The average molecular weight is 435 g/mol. The van der Waals surface area contributed by atoms with E-state index in [1.807, 2.05) is 6.92 Å². The van der Waals surface area contributed by atoms with Crippen molar-refractivity contribution < 1.29 is 28.2 Å². The summed E-state index contributed by atoms with van der Waals surface area (Å²) in [6, 6.07) is 14.7. The van der Waals surface area contributed by atoms with Crippen LogP contribution in [-0.2, 0) is 16.1 Å². The van der Waals surface area contributed by atoms with Crippen LogP contribution < -0.4 is 4.74 Å². The van der Waals surface area contributed by atoms with E-state index in [1.54, 1.807) is 36.4 Å². The van der Waals surface area contributed by atoms with Crippen molar-refractivity contribution in [2.75, 3.05) is 6.61 Å². The van der Waals surface area contributed by atoms with Crippen LogP contribution in [0.5, 0.6) is 5.75 Å². The number of aliphatic hydroxyl groups excluding tert-OH is 1. The van der Waals surface area contributed by atoms with Crippen LogP contribution in [0.2, 0.25) is 0 Å². The first kappa shape index (κ1) is 21.4. The quantitative estimate of drug-likeness (QED) is 0.327. The second-order valence-electron chi connectivity index (χ2n) is 7.43. The zero-order valence-corrected chi connectivity index (χ0v) is 17.5. The summed E-state index contributed by atoms with van der Waals surface area (Å²) in [7, 11) is 0. The molecule has 1 aliphatic heterocycles. The van der Waals surface area contributed by atoms with Gasteiger partial charge < -0.3 is 19.2 Å². The molecule has 4 rings (SSSR count). The molecule has 1 aliphatic rings. The number of likely N-dealkylation sites (tertiary alicyclic amines) is 1. The molecule has 1 amide bonds. The number of hydrogen-bond donors (Lipinski definition) is 1. The second-order valence-corrected chi connectivity index (χ2v) is 7.43. The van der Waals surface area contributed by atoms with Crippen LogP contribution in [0, 0.1) is 5.82 Å². The molecule has 0 radical (unpaired) electrons. The molecule has 1 unspecified atom stereocenters. The normalized spacial score (nSPS) is 17.7. The third kappa shape index (κ3) is 4.14. The zero-order valence-electron chi connectivity index (χ0n) is 17.5. The number of amides is 1. The number of furan rings is 1. The van der Waals surface area contributed by atoms with Gasteiger partial charge in [-0.05, 0) is 48.4 Å². The van der Waals surface area contributed by atoms with Gasteiger partial charge in [0.25, 0.3) is 11.7 Å². The number of ketones is 1. The summed E-state index contributed by atoms with van der Waals surface area (Å²) in [6.07, 6.45) is 2.29. The topological polar surface area (TPSA) is 80.0 Å². The van der Waals surface area contributed by atoms with Crippen molar-refractivity contribution in [3.05, 3.63) is 95.2 Å². The van der Waals surface area contributed by atoms with Crippen molar-refractivity contribution in [1.82, 2.24) is 4.90 Å². The van der Waals surface area contributed by atoms with Gasteiger partial charge >= 0.3 is 0 Å². The van der Waals surface area contributed by atoms with E-state index in [4.69, 9.17) is 9.15 Å². The zero-order chi connectivity index (χ0) is 22.7. The Hall–Kier alpha value is -3.87. The standard InChI is InChI=1S/C25H22FNO5/c1-2-12-31-19-6-3-5-17(14-19)23(28)21-22(16-8-10-18(26)11-9-16)27(25(30)24(21)29)15-20-7-4-13-32-20/h3-11,13-14,22,28H,2,12,15H2,1H3. The molecule has 1 saturated heterocycles. The summed E-state index contributed by atoms with van der Waals surface area (Å²) in [5, 5.41) is 11.1. The van der Waals surface area contributed by atoms with Crippen molar-refractivity contribution in [2.45, 2.75) is 25.9 Å². The number of halogens is 1. The molecule has 1 atom stereocenters. The fourth-order valence-electron chi connectivity index (χ4n) is 3.71. The van der Waals surface area contributed by atoms with Crippen LogP contribution in [0.25, 0.3) is 5.76 Å². The Kier molecular flexibility index (Phi) is 6.07. The molecule has 6 nitrogen and oxygen atoms in total. The molecule has 2 aromatic carbocycles. The van der Waals surface area contributed by atoms with Crippen LogP contribution in [0.3, 0.4) is 0 Å². The third-order valence-electron chi connectivity index (χ3n) is 5.21. The number of ether oxygens (including phenoxy) is 1. The van der Waals surface area contributed by atoms with Crippen LogP contribution in [0.4, 0.5) is 4.39 Å². The number of rotatable bonds is 7. The minimum atomic E-state index is -0.902. The highest BCUT2D eigenvalue weighted by Gasteiger charge is 2.46. The van der Waals surface area contributed by atoms with E-state index in [2.05, 4.69) is 0 Å². The summed E-state index contributed by atoms with van der Waals surface area (Å²) in [4.78, 5) is 27.3. The smallest absolute Gasteiger partial charge is 0.296 e. The molecule has 1 N–H and O–H groups in total. The summed E-state index contributed by atoms with van der Waals surface area (Å²) in [5.74, 6) is -1.33. The summed E-state index contributed by atoms with van der Waals surface area (Å²) in [6.45, 7) is 2.51. The Morgan fingerprint density at radius 1 is 1.12 bits per heavy atom. The number of Topliss-reactive ketones (excluding diaryl/α,β-unsaturated/α-hetero) is 1. The third-order valence-corrected chi connectivity index (χ3v) is 5.21. The lowest BCUT2D eigenvalue weighted by atomic mass is 9.95. The minimum Gasteiger partial charge on any atom is -0.507 e. The van der Waals surface area contributed by atoms with E-state index in [-0.39, 0.29) is 17.9 Å². The first-order chi connectivity index (χ1) is 15.5. The molecule has 2 heterocycles. The van der Waals surface area contributed by atoms with E-state index in [1.165, 1.54) is 35.4 Å². The van der Waals surface area contributed by atoms with Crippen molar-refractivity contribution >= 4 is 17.4 Å². The van der Waals surface area contributed by atoms with Gasteiger partial charge in [-0.1, -0.05) is 31.2 Å². The Morgan fingerprint density at radius 3 is 2.59 bits per heavy atom. The Labute approximate surface area is 184 Å². The van der Waals surface area contributed by atoms with Crippen molar-refractivity contribution in [3.63, 3.8) is 0 Å². The monoisotopic (exact) mass is 435 g/mol. The van der Waals surface area contributed by atoms with Gasteiger partial charge in [0, 0.05) is 5.56 Å². The average Bonchev–Trinajstić information content (AvgIpc) is 3.40. The van der Waals surface area contributed by atoms with Crippen LogP contribution in [0.15, 0.2) is 76.9 Å². The van der Waals surface area contributed by atoms with E-state index in [9.17, 15) is 19.1 Å². The number of aliphatic hydroxyl groups is 1. The van der Waals surface area contributed by atoms with E-state index in [0.717, 1.165) is 6.42 Å². The molecular formula is C25H22FNO5.